The van der Waals surface area contributed by atoms with E-state index in [0.717, 1.165) is 6.42 Å². The van der Waals surface area contributed by atoms with Gasteiger partial charge in [0.25, 0.3) is 0 Å². The van der Waals surface area contributed by atoms with Crippen LogP contribution in [0.1, 0.15) is 84.0 Å². The molecule has 22 heavy (non-hydrogen) atoms. The second-order valence-corrected chi connectivity index (χ2v) is 6.09. The van der Waals surface area contributed by atoms with Crippen LogP contribution in [-0.2, 0) is 0 Å². The van der Waals surface area contributed by atoms with E-state index in [0.29, 0.717) is 0 Å². The molecule has 134 valence electrons. The van der Waals surface area contributed by atoms with Gasteiger partial charge in [-0.25, -0.2) is 0 Å². The van der Waals surface area contributed by atoms with Crippen molar-refractivity contribution in [1.82, 2.24) is 0 Å². The van der Waals surface area contributed by atoms with Gasteiger partial charge >= 0.3 is 0 Å². The summed E-state index contributed by atoms with van der Waals surface area (Å²) in [5.74, 6) is 0. The number of hydrogen-bond donors (Lipinski definition) is 3. The Hall–Kier alpha value is -0.420. The molecule has 0 saturated heterocycles. The lowest BCUT2D eigenvalue weighted by Gasteiger charge is -2.11. The minimum absolute atomic E-state index is 0. The fraction of sp³-hybridized carbons (Fsp3) is 0.889. The molecule has 0 aliphatic rings. The summed E-state index contributed by atoms with van der Waals surface area (Å²) in [5, 5.41) is 18.3. The lowest BCUT2D eigenvalue weighted by atomic mass is 10.0. The monoisotopic (exact) mass is 317 g/mol. The highest BCUT2D eigenvalue weighted by Gasteiger charge is 2.08. The molecule has 0 fully saturated rings. The zero-order valence-corrected chi connectivity index (χ0v) is 14.5. The van der Waals surface area contributed by atoms with Gasteiger partial charge in [-0.15, -0.1) is 0 Å². The van der Waals surface area contributed by atoms with Crippen LogP contribution < -0.4 is 5.73 Å². The first-order valence-corrected chi connectivity index (χ1v) is 8.93. The first-order chi connectivity index (χ1) is 10.2. The summed E-state index contributed by atoms with van der Waals surface area (Å²) in [6, 6.07) is -0.557. The third kappa shape index (κ3) is 16.0. The Bertz CT molecular complexity index is 234. The molecular weight excluding hydrogens is 278 g/mol. The molecule has 0 saturated carbocycles. The molecule has 0 aromatic carbocycles. The van der Waals surface area contributed by atoms with Gasteiger partial charge in [-0.1, -0.05) is 83.3 Å². The first-order valence-electron chi connectivity index (χ1n) is 8.93. The third-order valence-electron chi connectivity index (χ3n) is 3.96. The number of rotatable bonds is 15. The predicted molar refractivity (Wildman–Crippen MR) is 94.9 cm³/mol. The van der Waals surface area contributed by atoms with Gasteiger partial charge in [0.2, 0.25) is 0 Å². The van der Waals surface area contributed by atoms with E-state index < -0.39 is 12.1 Å². The quantitative estimate of drug-likeness (QED) is 0.320. The lowest BCUT2D eigenvalue weighted by Crippen LogP contribution is -2.36. The van der Waals surface area contributed by atoms with Gasteiger partial charge < -0.3 is 21.4 Å². The normalized spacial score (nSPS) is 14.0. The molecule has 0 amide bonds. The molecule has 0 heterocycles. The fourth-order valence-corrected chi connectivity index (χ4v) is 2.41. The molecule has 0 aliphatic heterocycles. The fourth-order valence-electron chi connectivity index (χ4n) is 2.41. The summed E-state index contributed by atoms with van der Waals surface area (Å²) >= 11 is 0. The van der Waals surface area contributed by atoms with E-state index >= 15 is 0 Å². The summed E-state index contributed by atoms with van der Waals surface area (Å²) in [5.41, 5.74) is 5.51. The Balaban J connectivity index is 0. The van der Waals surface area contributed by atoms with Crippen molar-refractivity contribution in [2.45, 2.75) is 96.1 Å². The topological polar surface area (TPSA) is 98.0 Å². The molecule has 0 unspecified atom stereocenters. The number of aliphatic hydroxyl groups is 2. The average Bonchev–Trinajstić information content (AvgIpc) is 2.50. The molecule has 2 atom stereocenters. The molecule has 0 aromatic heterocycles. The Labute approximate surface area is 137 Å². The van der Waals surface area contributed by atoms with Crippen LogP contribution in [0.4, 0.5) is 0 Å². The molecule has 4 nitrogen and oxygen atoms in total. The first kappa shape index (κ1) is 23.8. The van der Waals surface area contributed by atoms with Crippen LogP contribution in [-0.4, -0.2) is 34.4 Å². The molecule has 0 radical (unpaired) electrons. The molecule has 6 N–H and O–H groups in total. The Morgan fingerprint density at radius 1 is 0.864 bits per heavy atom. The molecule has 0 rings (SSSR count). The van der Waals surface area contributed by atoms with Crippen LogP contribution >= 0.6 is 0 Å². The van der Waals surface area contributed by atoms with E-state index in [1.807, 2.05) is 6.08 Å². The summed E-state index contributed by atoms with van der Waals surface area (Å²) in [6.07, 6.45) is 18.8. The zero-order chi connectivity index (χ0) is 15.8. The summed E-state index contributed by atoms with van der Waals surface area (Å²) in [6.45, 7) is 2.08. The number of nitrogens with two attached hydrogens (primary N) is 1. The van der Waals surface area contributed by atoms with E-state index in [2.05, 4.69) is 6.92 Å². The smallest absolute Gasteiger partial charge is 0.0894 e. The molecule has 4 heteroatoms. The van der Waals surface area contributed by atoms with E-state index in [-0.39, 0.29) is 12.1 Å². The molecule has 0 aliphatic carbocycles. The molecule has 0 aromatic rings. The van der Waals surface area contributed by atoms with Crippen molar-refractivity contribution in [2.75, 3.05) is 6.61 Å². The van der Waals surface area contributed by atoms with Gasteiger partial charge in [-0.2, -0.15) is 0 Å². The minimum atomic E-state index is -0.720. The minimum Gasteiger partial charge on any atom is -0.412 e. The van der Waals surface area contributed by atoms with Crippen molar-refractivity contribution in [3.63, 3.8) is 0 Å². The summed E-state index contributed by atoms with van der Waals surface area (Å²) in [7, 11) is 0. The number of allylic oxidation sites excluding steroid dienone is 1. The van der Waals surface area contributed by atoms with E-state index in [1.165, 1.54) is 70.6 Å². The highest BCUT2D eigenvalue weighted by Crippen LogP contribution is 2.12. The van der Waals surface area contributed by atoms with Crippen LogP contribution in [0.25, 0.3) is 0 Å². The summed E-state index contributed by atoms with van der Waals surface area (Å²) in [4.78, 5) is 0. The maximum atomic E-state index is 9.52. The largest absolute Gasteiger partial charge is 0.412 e. The van der Waals surface area contributed by atoms with Crippen LogP contribution in [0, 0.1) is 0 Å². The molecule has 0 bridgehead atoms. The average molecular weight is 318 g/mol. The number of aliphatic hydroxyl groups excluding tert-OH is 2. The van der Waals surface area contributed by atoms with Crippen LogP contribution in [0.15, 0.2) is 12.2 Å². The van der Waals surface area contributed by atoms with Crippen molar-refractivity contribution in [1.29, 1.82) is 0 Å². The van der Waals surface area contributed by atoms with Crippen molar-refractivity contribution < 1.29 is 15.7 Å². The molecule has 0 spiro atoms. The predicted octanol–water partition coefficient (Wildman–Crippen LogP) is 3.10. The standard InChI is InChI=1S/C18H37NO2.H2O/c1-2-3-4-5-6-7-8-9-10-11-12-13-14-15-18(21)17(19)16-20;/h14-15,17-18,20-21H,2-13,16,19H2,1H3;1H2/b15-14+;/t17-,18+;/m0./s1. The number of unbranched alkanes of at least 4 members (excludes halogenated alkanes) is 11. The number of hydrogen-bond acceptors (Lipinski definition) is 3. The van der Waals surface area contributed by atoms with Gasteiger partial charge in [0.05, 0.1) is 18.8 Å². The van der Waals surface area contributed by atoms with Gasteiger partial charge in [0.1, 0.15) is 0 Å². The zero-order valence-electron chi connectivity index (χ0n) is 14.5. The van der Waals surface area contributed by atoms with Crippen LogP contribution in [0.2, 0.25) is 0 Å². The summed E-state index contributed by atoms with van der Waals surface area (Å²) < 4.78 is 0. The van der Waals surface area contributed by atoms with Crippen molar-refractivity contribution >= 4 is 0 Å². The maximum absolute atomic E-state index is 9.52. The van der Waals surface area contributed by atoms with Gasteiger partial charge in [-0.05, 0) is 12.8 Å². The van der Waals surface area contributed by atoms with Crippen molar-refractivity contribution in [3.05, 3.63) is 12.2 Å². The van der Waals surface area contributed by atoms with E-state index in [9.17, 15) is 5.11 Å². The Morgan fingerprint density at radius 3 is 1.77 bits per heavy atom. The van der Waals surface area contributed by atoms with Crippen molar-refractivity contribution in [2.24, 2.45) is 5.73 Å². The molecular formula is C18H39NO3. The van der Waals surface area contributed by atoms with Crippen LogP contribution in [0.5, 0.6) is 0 Å². The lowest BCUT2D eigenvalue weighted by molar-refractivity contribution is 0.144. The third-order valence-corrected chi connectivity index (χ3v) is 3.96. The van der Waals surface area contributed by atoms with Crippen LogP contribution in [0.3, 0.4) is 0 Å². The van der Waals surface area contributed by atoms with Gasteiger partial charge in [0.15, 0.2) is 0 Å². The highest BCUT2D eigenvalue weighted by molar-refractivity contribution is 4.93. The Morgan fingerprint density at radius 2 is 1.32 bits per heavy atom. The van der Waals surface area contributed by atoms with Gasteiger partial charge in [-0.3, -0.25) is 0 Å². The second kappa shape index (κ2) is 18.6. The highest BCUT2D eigenvalue weighted by atomic mass is 16.3. The maximum Gasteiger partial charge on any atom is 0.0894 e. The SMILES string of the molecule is CCCCCCCCCCCCC/C=C/[C@@H](O)[C@@H](N)CO.O. The van der Waals surface area contributed by atoms with E-state index in [1.54, 1.807) is 6.08 Å². The van der Waals surface area contributed by atoms with E-state index in [4.69, 9.17) is 10.8 Å². The van der Waals surface area contributed by atoms with Crippen molar-refractivity contribution in [3.8, 4) is 0 Å². The second-order valence-electron chi connectivity index (χ2n) is 6.09. The van der Waals surface area contributed by atoms with Gasteiger partial charge in [0, 0.05) is 0 Å². The Kier molecular flexibility index (Phi) is 20.2.